The predicted octanol–water partition coefficient (Wildman–Crippen LogP) is 0.954. The third-order valence-corrected chi connectivity index (χ3v) is 2.35. The van der Waals surface area contributed by atoms with Crippen LogP contribution < -0.4 is 10.2 Å². The number of pyridine rings is 1. The number of nitrogens with one attached hydrogen (secondary N) is 1. The molecule has 0 aromatic carbocycles. The average Bonchev–Trinajstić information content (AvgIpc) is 2.24. The summed E-state index contributed by atoms with van der Waals surface area (Å²) in [6.45, 7) is 3.15. The normalized spacial score (nSPS) is 10.2. The lowest BCUT2D eigenvalue weighted by atomic mass is 10.2. The van der Waals surface area contributed by atoms with Gasteiger partial charge in [-0.2, -0.15) is 0 Å². The molecule has 0 radical (unpaired) electrons. The quantitative estimate of drug-likeness (QED) is 0.595. The van der Waals surface area contributed by atoms with Crippen LogP contribution in [0.1, 0.15) is 5.56 Å². The number of nitrogens with zero attached hydrogens (tertiary/aromatic N) is 3. The average molecular weight is 224 g/mol. The molecule has 88 valence electrons. The van der Waals surface area contributed by atoms with Crippen molar-refractivity contribution >= 4 is 11.5 Å². The zero-order chi connectivity index (χ0) is 12.1. The van der Waals surface area contributed by atoms with Gasteiger partial charge in [0.1, 0.15) is 0 Å². The number of aryl methyl sites for hydroxylation is 1. The molecule has 1 aromatic heterocycles. The van der Waals surface area contributed by atoms with E-state index in [-0.39, 0.29) is 10.6 Å². The summed E-state index contributed by atoms with van der Waals surface area (Å²) >= 11 is 0. The zero-order valence-electron chi connectivity index (χ0n) is 9.73. The maximum Gasteiger partial charge on any atom is 0.314 e. The minimum absolute atomic E-state index is 0.0844. The second-order valence-electron chi connectivity index (χ2n) is 3.58. The first-order chi connectivity index (χ1) is 7.57. The number of hydrogen-bond acceptors (Lipinski definition) is 5. The third kappa shape index (κ3) is 2.66. The molecule has 0 aliphatic rings. The number of hydrogen-bond donors (Lipinski definition) is 1. The van der Waals surface area contributed by atoms with Gasteiger partial charge in [0.05, 0.1) is 4.92 Å². The van der Waals surface area contributed by atoms with Crippen LogP contribution in [0, 0.1) is 17.0 Å². The minimum atomic E-state index is -0.381. The van der Waals surface area contributed by atoms with Crippen molar-refractivity contribution in [2.45, 2.75) is 6.92 Å². The van der Waals surface area contributed by atoms with Crippen molar-refractivity contribution in [2.24, 2.45) is 0 Å². The van der Waals surface area contributed by atoms with E-state index in [1.165, 1.54) is 0 Å². The highest BCUT2D eigenvalue weighted by Gasteiger charge is 2.20. The van der Waals surface area contributed by atoms with Gasteiger partial charge in [0, 0.05) is 31.9 Å². The Morgan fingerprint density at radius 1 is 1.62 bits per heavy atom. The Kier molecular flexibility index (Phi) is 4.19. The van der Waals surface area contributed by atoms with E-state index in [1.807, 2.05) is 7.05 Å². The molecule has 1 rings (SSSR count). The second kappa shape index (κ2) is 5.41. The van der Waals surface area contributed by atoms with Gasteiger partial charge in [-0.3, -0.25) is 10.1 Å². The van der Waals surface area contributed by atoms with Gasteiger partial charge in [-0.05, 0) is 20.0 Å². The molecule has 1 N–H and O–H groups in total. The molecule has 16 heavy (non-hydrogen) atoms. The molecule has 0 amide bonds. The summed E-state index contributed by atoms with van der Waals surface area (Å²) in [4.78, 5) is 16.4. The van der Waals surface area contributed by atoms with Crippen molar-refractivity contribution in [2.75, 3.05) is 32.1 Å². The van der Waals surface area contributed by atoms with E-state index in [2.05, 4.69) is 10.3 Å². The molecule has 6 heteroatoms. The fourth-order valence-electron chi connectivity index (χ4n) is 1.43. The molecular weight excluding hydrogens is 208 g/mol. The van der Waals surface area contributed by atoms with Crippen LogP contribution in [0.4, 0.5) is 11.5 Å². The molecule has 0 saturated heterocycles. The fourth-order valence-corrected chi connectivity index (χ4v) is 1.43. The van der Waals surface area contributed by atoms with Crippen molar-refractivity contribution in [3.05, 3.63) is 27.9 Å². The first-order valence-electron chi connectivity index (χ1n) is 5.03. The Morgan fingerprint density at radius 3 is 2.88 bits per heavy atom. The fraction of sp³-hybridized carbons (Fsp3) is 0.500. The molecule has 0 unspecified atom stereocenters. The maximum absolute atomic E-state index is 10.9. The highest BCUT2D eigenvalue weighted by molar-refractivity contribution is 5.61. The monoisotopic (exact) mass is 224 g/mol. The van der Waals surface area contributed by atoms with Crippen LogP contribution in [0.15, 0.2) is 12.3 Å². The smallest absolute Gasteiger partial charge is 0.314 e. The number of nitro groups is 1. The van der Waals surface area contributed by atoms with Crippen molar-refractivity contribution in [3.8, 4) is 0 Å². The first kappa shape index (κ1) is 12.4. The molecule has 0 saturated carbocycles. The topological polar surface area (TPSA) is 71.3 Å². The van der Waals surface area contributed by atoms with Crippen molar-refractivity contribution in [3.63, 3.8) is 0 Å². The van der Waals surface area contributed by atoms with Crippen molar-refractivity contribution in [1.82, 2.24) is 10.3 Å². The van der Waals surface area contributed by atoms with Gasteiger partial charge in [0.15, 0.2) is 0 Å². The number of anilines is 1. The summed E-state index contributed by atoms with van der Waals surface area (Å²) in [6, 6.07) is 1.65. The summed E-state index contributed by atoms with van der Waals surface area (Å²) in [6.07, 6.45) is 1.59. The molecular formula is C10H16N4O2. The van der Waals surface area contributed by atoms with Crippen LogP contribution in [-0.2, 0) is 0 Å². The van der Waals surface area contributed by atoms with Crippen LogP contribution in [-0.4, -0.2) is 37.1 Å². The maximum atomic E-state index is 10.9. The van der Waals surface area contributed by atoms with Gasteiger partial charge in [-0.25, -0.2) is 4.98 Å². The lowest BCUT2D eigenvalue weighted by molar-refractivity contribution is -0.384. The molecule has 6 nitrogen and oxygen atoms in total. The minimum Gasteiger partial charge on any atom is -0.353 e. The Hall–Kier alpha value is -1.69. The summed E-state index contributed by atoms with van der Waals surface area (Å²) < 4.78 is 0. The van der Waals surface area contributed by atoms with Gasteiger partial charge in [-0.15, -0.1) is 0 Å². The van der Waals surface area contributed by atoms with E-state index in [4.69, 9.17) is 0 Å². The largest absolute Gasteiger partial charge is 0.353 e. The van der Waals surface area contributed by atoms with Gasteiger partial charge < -0.3 is 10.2 Å². The highest BCUT2D eigenvalue weighted by atomic mass is 16.6. The van der Waals surface area contributed by atoms with Crippen LogP contribution in [0.2, 0.25) is 0 Å². The first-order valence-corrected chi connectivity index (χ1v) is 5.03. The summed E-state index contributed by atoms with van der Waals surface area (Å²) in [7, 11) is 3.64. The lowest BCUT2D eigenvalue weighted by Gasteiger charge is -2.18. The number of aromatic nitrogens is 1. The SMILES string of the molecule is CNCCN(C)c1nccc(C)c1[N+](=O)[O-]. The number of likely N-dealkylation sites (N-methyl/N-ethyl adjacent to an activating group) is 2. The van der Waals surface area contributed by atoms with E-state index in [1.54, 1.807) is 31.1 Å². The Bertz CT molecular complexity index is 381. The molecule has 0 atom stereocenters. The second-order valence-corrected chi connectivity index (χ2v) is 3.58. The Morgan fingerprint density at radius 2 is 2.31 bits per heavy atom. The van der Waals surface area contributed by atoms with Crippen LogP contribution in [0.5, 0.6) is 0 Å². The van der Waals surface area contributed by atoms with Crippen molar-refractivity contribution < 1.29 is 4.92 Å². The van der Waals surface area contributed by atoms with E-state index in [0.29, 0.717) is 17.9 Å². The highest BCUT2D eigenvalue weighted by Crippen LogP contribution is 2.27. The predicted molar refractivity (Wildman–Crippen MR) is 62.8 cm³/mol. The number of rotatable bonds is 5. The zero-order valence-corrected chi connectivity index (χ0v) is 9.73. The molecule has 0 bridgehead atoms. The van der Waals surface area contributed by atoms with Crippen LogP contribution in [0.25, 0.3) is 0 Å². The molecule has 0 fully saturated rings. The lowest BCUT2D eigenvalue weighted by Crippen LogP contribution is -2.28. The van der Waals surface area contributed by atoms with Gasteiger partial charge in [0.25, 0.3) is 0 Å². The Labute approximate surface area is 94.4 Å². The van der Waals surface area contributed by atoms with Gasteiger partial charge in [0.2, 0.25) is 5.82 Å². The van der Waals surface area contributed by atoms with Gasteiger partial charge >= 0.3 is 5.69 Å². The van der Waals surface area contributed by atoms with Crippen LogP contribution in [0.3, 0.4) is 0 Å². The van der Waals surface area contributed by atoms with E-state index in [0.717, 1.165) is 6.54 Å². The molecule has 0 aliphatic heterocycles. The molecule has 0 aliphatic carbocycles. The van der Waals surface area contributed by atoms with Crippen molar-refractivity contribution in [1.29, 1.82) is 0 Å². The Balaban J connectivity index is 3.02. The summed E-state index contributed by atoms with van der Waals surface area (Å²) in [5.41, 5.74) is 0.715. The molecule has 0 spiro atoms. The molecule has 1 aromatic rings. The van der Waals surface area contributed by atoms with E-state index in [9.17, 15) is 10.1 Å². The van der Waals surface area contributed by atoms with Gasteiger partial charge in [-0.1, -0.05) is 0 Å². The standard InChI is InChI=1S/C10H16N4O2/c1-8-4-5-12-10(9(8)14(15)16)13(3)7-6-11-2/h4-5,11H,6-7H2,1-3H3. The summed E-state index contributed by atoms with van der Waals surface area (Å²) in [5.74, 6) is 0.417. The third-order valence-electron chi connectivity index (χ3n) is 2.35. The summed E-state index contributed by atoms with van der Waals surface area (Å²) in [5, 5.41) is 13.9. The van der Waals surface area contributed by atoms with E-state index >= 15 is 0 Å². The van der Waals surface area contributed by atoms with Crippen LogP contribution >= 0.6 is 0 Å². The van der Waals surface area contributed by atoms with E-state index < -0.39 is 0 Å². The molecule has 1 heterocycles.